The summed E-state index contributed by atoms with van der Waals surface area (Å²) >= 11 is 0. The molecular weight excluding hydrogens is 685 g/mol. The third-order valence-electron chi connectivity index (χ3n) is 6.03. The quantitative estimate of drug-likeness (QED) is 0.138. The van der Waals surface area contributed by atoms with Crippen molar-refractivity contribution in [3.63, 3.8) is 0 Å². The standard InChI is InChI=1S/C24H54O9Si9/c1-19-34(7,8)25-40(26-35(9,10)20-2)31-41(27-36(11,12)21-3,28-37(13,14)22-4)33-42(32-40,29-38(15,16)23-5)30-39(17,18)24-6/h19-24H,1-6H2,7-18H3. The van der Waals surface area contributed by atoms with Gasteiger partial charge in [0.25, 0.3) is 0 Å². The lowest BCUT2D eigenvalue weighted by molar-refractivity contribution is -0.0273. The highest BCUT2D eigenvalue weighted by Crippen LogP contribution is 2.42. The Bertz CT molecular complexity index is 838. The first-order chi connectivity index (χ1) is 18.7. The van der Waals surface area contributed by atoms with E-state index in [1.807, 2.05) is 78.6 Å². The van der Waals surface area contributed by atoms with E-state index in [0.717, 1.165) is 0 Å². The van der Waals surface area contributed by atoms with Crippen LogP contribution in [0.2, 0.25) is 78.6 Å². The second kappa shape index (κ2) is 13.8. The van der Waals surface area contributed by atoms with Crippen LogP contribution in [-0.2, 0) is 37.0 Å². The fraction of sp³-hybridized carbons (Fsp3) is 0.500. The molecule has 1 heterocycles. The van der Waals surface area contributed by atoms with Crippen LogP contribution in [0.5, 0.6) is 0 Å². The summed E-state index contributed by atoms with van der Waals surface area (Å²) in [6.07, 6.45) is 0. The molecule has 0 amide bonds. The molecule has 18 heteroatoms. The van der Waals surface area contributed by atoms with Gasteiger partial charge in [0.2, 0.25) is 49.9 Å². The molecule has 0 saturated carbocycles. The molecule has 1 saturated heterocycles. The molecule has 0 spiro atoms. The minimum absolute atomic E-state index is 1.79. The van der Waals surface area contributed by atoms with Crippen molar-refractivity contribution in [3.05, 3.63) is 73.7 Å². The summed E-state index contributed by atoms with van der Waals surface area (Å²) in [5.41, 5.74) is 10.8. The molecule has 0 aliphatic carbocycles. The van der Waals surface area contributed by atoms with E-state index in [4.69, 9.17) is 37.0 Å². The van der Waals surface area contributed by atoms with Crippen molar-refractivity contribution in [2.75, 3.05) is 0 Å². The molecule has 0 aromatic carbocycles. The van der Waals surface area contributed by atoms with Gasteiger partial charge in [-0.3, -0.25) is 0 Å². The predicted octanol–water partition coefficient (Wildman–Crippen LogP) is 7.04. The number of hydrogen-bond acceptors (Lipinski definition) is 9. The summed E-state index contributed by atoms with van der Waals surface area (Å²) in [5, 5.41) is 0. The van der Waals surface area contributed by atoms with Gasteiger partial charge < -0.3 is 37.0 Å². The molecule has 1 rings (SSSR count). The minimum Gasteiger partial charge on any atom is -0.391 e. The van der Waals surface area contributed by atoms with Crippen molar-refractivity contribution in [2.24, 2.45) is 0 Å². The summed E-state index contributed by atoms with van der Waals surface area (Å²) < 4.78 is 61.9. The molecule has 42 heavy (non-hydrogen) atoms. The largest absolute Gasteiger partial charge is 0.647 e. The summed E-state index contributed by atoms with van der Waals surface area (Å²) in [6, 6.07) is 0. The van der Waals surface area contributed by atoms with Gasteiger partial charge in [-0.15, -0.1) is 39.5 Å². The zero-order valence-corrected chi connectivity index (χ0v) is 36.9. The Balaban J connectivity index is 4.34. The van der Waals surface area contributed by atoms with Gasteiger partial charge in [-0.05, 0) is 78.6 Å². The molecule has 9 nitrogen and oxygen atoms in total. The Morgan fingerprint density at radius 3 is 0.548 bits per heavy atom. The lowest BCUT2D eigenvalue weighted by Gasteiger charge is -2.53. The van der Waals surface area contributed by atoms with Crippen LogP contribution in [-0.4, -0.2) is 77.0 Å². The average molecular weight is 739 g/mol. The van der Waals surface area contributed by atoms with Crippen LogP contribution in [0.1, 0.15) is 0 Å². The molecule has 1 aliphatic rings. The Hall–Kier alpha value is 0.0319. The van der Waals surface area contributed by atoms with Crippen molar-refractivity contribution in [1.82, 2.24) is 0 Å². The fourth-order valence-electron chi connectivity index (χ4n) is 3.02. The molecule has 0 aromatic rings. The third-order valence-corrected chi connectivity index (χ3v) is 36.6. The van der Waals surface area contributed by atoms with Gasteiger partial charge in [-0.25, -0.2) is 0 Å². The Morgan fingerprint density at radius 2 is 0.452 bits per heavy atom. The summed E-state index contributed by atoms with van der Waals surface area (Å²) in [7, 11) is -28.9. The Kier molecular flexibility index (Phi) is 13.2. The molecular formula is C24H54O9Si9. The van der Waals surface area contributed by atoms with Crippen LogP contribution in [0.25, 0.3) is 0 Å². The molecule has 0 unspecified atom stereocenters. The first-order valence-electron chi connectivity index (χ1n) is 13.9. The van der Waals surface area contributed by atoms with Crippen molar-refractivity contribution in [3.8, 4) is 0 Å². The van der Waals surface area contributed by atoms with Gasteiger partial charge >= 0.3 is 27.1 Å². The SMILES string of the molecule is C=C[Si](C)(C)O[Si]1(O[Si](C)(C)C=C)O[Si](O[Si](C)(C)C=C)(O[Si](C)(C)C=C)O[Si](O[Si](C)(C)C=C)(O[Si](C)(C)C=C)O1. The first-order valence-corrected chi connectivity index (χ1v) is 36.7. The van der Waals surface area contributed by atoms with E-state index in [9.17, 15) is 0 Å². The maximum atomic E-state index is 6.91. The van der Waals surface area contributed by atoms with E-state index in [1.54, 1.807) is 34.2 Å². The van der Waals surface area contributed by atoms with Crippen LogP contribution < -0.4 is 0 Å². The molecule has 0 radical (unpaired) electrons. The van der Waals surface area contributed by atoms with Crippen molar-refractivity contribution in [1.29, 1.82) is 0 Å². The molecule has 0 bridgehead atoms. The van der Waals surface area contributed by atoms with Crippen molar-refractivity contribution >= 4 is 77.0 Å². The van der Waals surface area contributed by atoms with Crippen LogP contribution in [0, 0.1) is 0 Å². The third kappa shape index (κ3) is 11.8. The van der Waals surface area contributed by atoms with Gasteiger partial charge in [0.05, 0.1) is 0 Å². The summed E-state index contributed by atoms with van der Waals surface area (Å²) in [4.78, 5) is 0. The molecule has 240 valence electrons. The van der Waals surface area contributed by atoms with E-state index in [0.29, 0.717) is 0 Å². The lowest BCUT2D eigenvalue weighted by Crippen LogP contribution is -2.81. The Morgan fingerprint density at radius 1 is 0.333 bits per heavy atom. The monoisotopic (exact) mass is 738 g/mol. The number of hydrogen-bond donors (Lipinski definition) is 0. The first kappa shape index (κ1) is 40.1. The second-order valence-corrected chi connectivity index (χ2v) is 45.3. The maximum absolute atomic E-state index is 6.91. The highest BCUT2D eigenvalue weighted by Gasteiger charge is 2.77. The molecule has 0 N–H and O–H groups in total. The zero-order valence-electron chi connectivity index (χ0n) is 27.9. The second-order valence-electron chi connectivity index (χ2n) is 13.3. The van der Waals surface area contributed by atoms with Crippen LogP contribution >= 0.6 is 0 Å². The van der Waals surface area contributed by atoms with E-state index in [1.165, 1.54) is 0 Å². The highest BCUT2D eigenvalue weighted by atomic mass is 28.6. The van der Waals surface area contributed by atoms with Gasteiger partial charge in [0.15, 0.2) is 0 Å². The van der Waals surface area contributed by atoms with Crippen molar-refractivity contribution < 1.29 is 37.0 Å². The molecule has 0 aromatic heterocycles. The summed E-state index contributed by atoms with van der Waals surface area (Å²) in [6.45, 7) is 48.0. The average Bonchev–Trinajstić information content (AvgIpc) is 2.81. The lowest BCUT2D eigenvalue weighted by atomic mass is 11.3. The normalized spacial score (nSPS) is 19.4. The van der Waals surface area contributed by atoms with E-state index in [2.05, 4.69) is 39.5 Å². The minimum atomic E-state index is -4.29. The van der Waals surface area contributed by atoms with Crippen LogP contribution in [0.3, 0.4) is 0 Å². The predicted molar refractivity (Wildman–Crippen MR) is 193 cm³/mol. The van der Waals surface area contributed by atoms with Gasteiger partial charge in [0.1, 0.15) is 0 Å². The van der Waals surface area contributed by atoms with Gasteiger partial charge in [-0.2, -0.15) is 0 Å². The smallest absolute Gasteiger partial charge is 0.391 e. The summed E-state index contributed by atoms with van der Waals surface area (Å²) in [5.74, 6) is 0. The highest BCUT2D eigenvalue weighted by molar-refractivity contribution is 7.00. The zero-order chi connectivity index (χ0) is 33.1. The van der Waals surface area contributed by atoms with E-state index in [-0.39, 0.29) is 0 Å². The topological polar surface area (TPSA) is 83.1 Å². The Labute approximate surface area is 265 Å². The van der Waals surface area contributed by atoms with Gasteiger partial charge in [-0.1, -0.05) is 34.2 Å². The fourth-order valence-corrected chi connectivity index (χ4v) is 33.9. The maximum Gasteiger partial charge on any atom is 0.647 e. The van der Waals surface area contributed by atoms with Gasteiger partial charge in [0, 0.05) is 0 Å². The van der Waals surface area contributed by atoms with Crippen molar-refractivity contribution in [2.45, 2.75) is 78.6 Å². The van der Waals surface area contributed by atoms with Crippen LogP contribution in [0.4, 0.5) is 0 Å². The van der Waals surface area contributed by atoms with E-state index >= 15 is 0 Å². The molecule has 0 atom stereocenters. The number of rotatable bonds is 18. The van der Waals surface area contributed by atoms with E-state index < -0.39 is 77.0 Å². The molecule has 1 fully saturated rings. The molecule has 1 aliphatic heterocycles. The van der Waals surface area contributed by atoms with Crippen LogP contribution in [0.15, 0.2) is 73.7 Å².